The predicted octanol–water partition coefficient (Wildman–Crippen LogP) is 4.53. The van der Waals surface area contributed by atoms with Gasteiger partial charge < -0.3 is 13.9 Å². The second-order valence-electron chi connectivity index (χ2n) is 5.43. The van der Waals surface area contributed by atoms with Crippen molar-refractivity contribution in [2.75, 3.05) is 13.7 Å². The van der Waals surface area contributed by atoms with Gasteiger partial charge in [-0.15, -0.1) is 0 Å². The van der Waals surface area contributed by atoms with Crippen LogP contribution in [0, 0.1) is 11.3 Å². The molecule has 0 unspecified atom stereocenters. The summed E-state index contributed by atoms with van der Waals surface area (Å²) in [5.41, 5.74) is 0.956. The molecule has 2 aromatic rings. The highest BCUT2D eigenvalue weighted by Crippen LogP contribution is 2.26. The third-order valence-corrected chi connectivity index (χ3v) is 3.28. The number of halogens is 1. The van der Waals surface area contributed by atoms with Gasteiger partial charge in [-0.05, 0) is 36.2 Å². The van der Waals surface area contributed by atoms with Crippen LogP contribution in [0.3, 0.4) is 0 Å². The second-order valence-corrected chi connectivity index (χ2v) is 5.87. The maximum Gasteiger partial charge on any atom is 0.249 e. The van der Waals surface area contributed by atoms with Crippen LogP contribution in [0.25, 0.3) is 0 Å². The van der Waals surface area contributed by atoms with Gasteiger partial charge in [0.25, 0.3) is 0 Å². The molecule has 0 fully saturated rings. The Morgan fingerprint density at radius 1 is 1.27 bits per heavy atom. The summed E-state index contributed by atoms with van der Waals surface area (Å²) in [6.45, 7) is 4.85. The third-order valence-electron chi connectivity index (χ3n) is 3.05. The van der Waals surface area contributed by atoms with Gasteiger partial charge in [0, 0.05) is 17.0 Å². The lowest BCUT2D eigenvalue weighted by molar-refractivity contribution is 0.268. The van der Waals surface area contributed by atoms with E-state index in [0.29, 0.717) is 29.7 Å². The molecule has 0 radical (unpaired) electrons. The van der Waals surface area contributed by atoms with Gasteiger partial charge in [-0.25, -0.2) is 0 Å². The third kappa shape index (κ3) is 4.28. The lowest BCUT2D eigenvalue weighted by Gasteiger charge is -2.13. The number of hydrogen-bond donors (Lipinski definition) is 1. The Balaban J connectivity index is 2.18. The van der Waals surface area contributed by atoms with Crippen LogP contribution in [0.1, 0.15) is 30.9 Å². The summed E-state index contributed by atoms with van der Waals surface area (Å²) in [5.74, 6) is 2.39. The summed E-state index contributed by atoms with van der Waals surface area (Å²) < 4.78 is 16.3. The normalized spacial score (nSPS) is 10.8. The van der Waals surface area contributed by atoms with E-state index in [4.69, 9.17) is 30.9 Å². The fourth-order valence-electron chi connectivity index (χ4n) is 1.97. The van der Waals surface area contributed by atoms with E-state index in [2.05, 4.69) is 13.8 Å². The molecule has 4 nitrogen and oxygen atoms in total. The first kappa shape index (κ1) is 16.4. The highest BCUT2D eigenvalue weighted by atomic mass is 35.5. The molecule has 0 saturated carbocycles. The average molecular weight is 322 g/mol. The molecule has 0 saturated heterocycles. The molecule has 1 aromatic heterocycles. The number of benzene rings is 1. The van der Waals surface area contributed by atoms with E-state index in [1.165, 1.54) is 7.11 Å². The van der Waals surface area contributed by atoms with Crippen LogP contribution in [-0.4, -0.2) is 19.6 Å². The van der Waals surface area contributed by atoms with Gasteiger partial charge in [0.05, 0.1) is 13.7 Å². The molecule has 22 heavy (non-hydrogen) atoms. The fraction of sp³-hybridized carbons (Fsp3) is 0.353. The Morgan fingerprint density at radius 2 is 2.05 bits per heavy atom. The minimum Gasteiger partial charge on any atom is -0.493 e. The Labute approximate surface area is 135 Å². The summed E-state index contributed by atoms with van der Waals surface area (Å²) in [4.78, 5) is 0. The maximum atomic E-state index is 7.60. The van der Waals surface area contributed by atoms with E-state index < -0.39 is 0 Å². The minimum absolute atomic E-state index is 0.00799. The summed E-state index contributed by atoms with van der Waals surface area (Å²) in [7, 11) is 1.44. The van der Waals surface area contributed by atoms with Crippen LogP contribution in [-0.2, 0) is 11.2 Å². The van der Waals surface area contributed by atoms with Crippen molar-refractivity contribution in [3.63, 3.8) is 0 Å². The van der Waals surface area contributed by atoms with Crippen molar-refractivity contribution in [3.8, 4) is 5.75 Å². The van der Waals surface area contributed by atoms with Gasteiger partial charge in [-0.3, -0.25) is 5.41 Å². The zero-order valence-electron chi connectivity index (χ0n) is 13.0. The van der Waals surface area contributed by atoms with Gasteiger partial charge >= 0.3 is 0 Å². The van der Waals surface area contributed by atoms with Crippen LogP contribution in [0.5, 0.6) is 5.75 Å². The average Bonchev–Trinajstić information content (AvgIpc) is 2.94. The number of methoxy groups -OCH3 is 1. The lowest BCUT2D eigenvalue weighted by atomic mass is 10.1. The smallest absolute Gasteiger partial charge is 0.249 e. The summed E-state index contributed by atoms with van der Waals surface area (Å²) in [6.07, 6.45) is 0.547. The van der Waals surface area contributed by atoms with Crippen LogP contribution in [0.4, 0.5) is 0 Å². The molecular formula is C17H20ClNO3. The maximum absolute atomic E-state index is 7.60. The molecule has 0 aliphatic heterocycles. The zero-order chi connectivity index (χ0) is 16.1. The standard InChI is InChI=1S/C17H20ClNO3/c1-11(2)10-21-15-6-4-13(18)8-12(15)9-14-5-7-16(22-14)17(19)20-3/h4-8,11,19H,9-10H2,1-3H3. The number of rotatable bonds is 6. The van der Waals surface area contributed by atoms with Crippen LogP contribution in [0.2, 0.25) is 5.02 Å². The molecular weight excluding hydrogens is 302 g/mol. The van der Waals surface area contributed by atoms with E-state index in [1.54, 1.807) is 6.07 Å². The molecule has 2 rings (SSSR count). The van der Waals surface area contributed by atoms with E-state index in [1.807, 2.05) is 24.3 Å². The predicted molar refractivity (Wildman–Crippen MR) is 87.1 cm³/mol. The van der Waals surface area contributed by atoms with Gasteiger partial charge in [0.1, 0.15) is 11.5 Å². The van der Waals surface area contributed by atoms with Crippen molar-refractivity contribution in [3.05, 3.63) is 52.4 Å². The van der Waals surface area contributed by atoms with Gasteiger partial charge in [0.2, 0.25) is 5.90 Å². The van der Waals surface area contributed by atoms with Crippen LogP contribution < -0.4 is 4.74 Å². The van der Waals surface area contributed by atoms with E-state index >= 15 is 0 Å². The van der Waals surface area contributed by atoms with Crippen molar-refractivity contribution < 1.29 is 13.9 Å². The molecule has 0 atom stereocenters. The van der Waals surface area contributed by atoms with E-state index in [9.17, 15) is 0 Å². The Hall–Kier alpha value is -1.94. The number of nitrogens with one attached hydrogen (secondary N) is 1. The molecule has 1 heterocycles. The van der Waals surface area contributed by atoms with Crippen molar-refractivity contribution in [1.29, 1.82) is 5.41 Å². The SMILES string of the molecule is COC(=N)c1ccc(Cc2cc(Cl)ccc2OCC(C)C)o1. The molecule has 1 N–H and O–H groups in total. The molecule has 0 aliphatic carbocycles. The minimum atomic E-state index is 0.00799. The lowest BCUT2D eigenvalue weighted by Crippen LogP contribution is -2.06. The molecule has 0 bridgehead atoms. The molecule has 0 amide bonds. The Morgan fingerprint density at radius 3 is 2.73 bits per heavy atom. The van der Waals surface area contributed by atoms with Crippen molar-refractivity contribution in [2.45, 2.75) is 20.3 Å². The van der Waals surface area contributed by atoms with Crippen LogP contribution in [0.15, 0.2) is 34.7 Å². The van der Waals surface area contributed by atoms with Crippen molar-refractivity contribution >= 4 is 17.5 Å². The first-order valence-corrected chi connectivity index (χ1v) is 7.50. The van der Waals surface area contributed by atoms with Crippen molar-refractivity contribution in [2.24, 2.45) is 5.92 Å². The monoisotopic (exact) mass is 321 g/mol. The zero-order valence-corrected chi connectivity index (χ0v) is 13.7. The molecule has 118 valence electrons. The number of ether oxygens (including phenoxy) is 2. The molecule has 0 spiro atoms. The largest absolute Gasteiger partial charge is 0.493 e. The summed E-state index contributed by atoms with van der Waals surface area (Å²) >= 11 is 6.08. The number of furan rings is 1. The van der Waals surface area contributed by atoms with Gasteiger partial charge in [-0.2, -0.15) is 0 Å². The van der Waals surface area contributed by atoms with Crippen molar-refractivity contribution in [1.82, 2.24) is 0 Å². The summed E-state index contributed by atoms with van der Waals surface area (Å²) in [5, 5.41) is 8.26. The first-order chi connectivity index (χ1) is 10.5. The number of hydrogen-bond acceptors (Lipinski definition) is 4. The van der Waals surface area contributed by atoms with E-state index in [-0.39, 0.29) is 5.90 Å². The second kappa shape index (κ2) is 7.36. The Bertz CT molecular complexity index is 649. The highest BCUT2D eigenvalue weighted by molar-refractivity contribution is 6.30. The molecule has 0 aliphatic rings. The Kier molecular flexibility index (Phi) is 5.50. The topological polar surface area (TPSA) is 55.5 Å². The first-order valence-electron chi connectivity index (χ1n) is 7.12. The van der Waals surface area contributed by atoms with Gasteiger partial charge in [-0.1, -0.05) is 25.4 Å². The van der Waals surface area contributed by atoms with Crippen LogP contribution >= 0.6 is 11.6 Å². The highest BCUT2D eigenvalue weighted by Gasteiger charge is 2.12. The molecule has 1 aromatic carbocycles. The summed E-state index contributed by atoms with van der Waals surface area (Å²) in [6, 6.07) is 9.12. The fourth-order valence-corrected chi connectivity index (χ4v) is 2.16. The quantitative estimate of drug-likeness (QED) is 0.628. The van der Waals surface area contributed by atoms with Gasteiger partial charge in [0.15, 0.2) is 5.76 Å². The van der Waals surface area contributed by atoms with E-state index in [0.717, 1.165) is 17.1 Å². The molecule has 5 heteroatoms.